The molecule has 2 saturated heterocycles. The summed E-state index contributed by atoms with van der Waals surface area (Å²) in [6, 6.07) is 8.19. The summed E-state index contributed by atoms with van der Waals surface area (Å²) in [6.45, 7) is 1.56. The predicted molar refractivity (Wildman–Crippen MR) is 120 cm³/mol. The maximum absolute atomic E-state index is 13.2. The van der Waals surface area contributed by atoms with Crippen molar-refractivity contribution in [1.82, 2.24) is 9.21 Å². The van der Waals surface area contributed by atoms with Gasteiger partial charge in [0.2, 0.25) is 15.9 Å². The number of amides is 1. The van der Waals surface area contributed by atoms with Gasteiger partial charge in [-0.15, -0.1) is 0 Å². The van der Waals surface area contributed by atoms with Crippen LogP contribution in [-0.2, 0) is 14.8 Å². The van der Waals surface area contributed by atoms with Crippen LogP contribution in [0.5, 0.6) is 0 Å². The van der Waals surface area contributed by atoms with Crippen LogP contribution in [0.15, 0.2) is 47.4 Å². The van der Waals surface area contributed by atoms with Crippen molar-refractivity contribution in [3.8, 4) is 0 Å². The molecule has 0 N–H and O–H groups in total. The number of hydrogen-bond acceptors (Lipinski definition) is 6. The van der Waals surface area contributed by atoms with Crippen LogP contribution in [0, 0.1) is 15.9 Å². The summed E-state index contributed by atoms with van der Waals surface area (Å²) in [5.41, 5.74) is 0.326. The van der Waals surface area contributed by atoms with Crippen LogP contribution < -0.4 is 4.90 Å². The number of rotatable bonds is 5. The standard InChI is InChI=1S/C21H22ClFN4O5S/c22-15-3-8-18(20(14-15)27(29)30)24-10-12-25(13-11-24)21(28)19-2-1-9-26(19)33(31,32)17-6-4-16(23)5-7-17/h3-8,14,19H,1-2,9-13H2. The van der Waals surface area contributed by atoms with E-state index in [0.717, 1.165) is 12.1 Å². The van der Waals surface area contributed by atoms with E-state index in [2.05, 4.69) is 0 Å². The molecule has 0 aromatic heterocycles. The van der Waals surface area contributed by atoms with Gasteiger partial charge in [-0.2, -0.15) is 4.31 Å². The molecule has 176 valence electrons. The Hall–Kier alpha value is -2.76. The Bertz CT molecular complexity index is 1170. The van der Waals surface area contributed by atoms with E-state index >= 15 is 0 Å². The number of benzene rings is 2. The van der Waals surface area contributed by atoms with Gasteiger partial charge in [-0.1, -0.05) is 11.6 Å². The summed E-state index contributed by atoms with van der Waals surface area (Å²) in [5.74, 6) is -0.828. The second-order valence-corrected chi connectivity index (χ2v) is 10.3. The number of nitro groups is 1. The van der Waals surface area contributed by atoms with Crippen LogP contribution in [0.25, 0.3) is 0 Å². The normalized spacial score (nSPS) is 19.6. The largest absolute Gasteiger partial charge is 0.362 e. The lowest BCUT2D eigenvalue weighted by molar-refractivity contribution is -0.384. The Kier molecular flexibility index (Phi) is 6.55. The van der Waals surface area contributed by atoms with E-state index in [1.807, 2.05) is 4.90 Å². The molecule has 1 amide bonds. The van der Waals surface area contributed by atoms with Crippen LogP contribution in [0.2, 0.25) is 5.02 Å². The van der Waals surface area contributed by atoms with E-state index in [0.29, 0.717) is 44.7 Å². The molecule has 33 heavy (non-hydrogen) atoms. The molecule has 9 nitrogen and oxygen atoms in total. The summed E-state index contributed by atoms with van der Waals surface area (Å²) < 4.78 is 40.5. The molecular formula is C21H22ClFN4O5S. The van der Waals surface area contributed by atoms with E-state index in [4.69, 9.17) is 11.6 Å². The molecule has 2 aromatic carbocycles. The number of piperazine rings is 1. The van der Waals surface area contributed by atoms with Crippen molar-refractivity contribution in [2.75, 3.05) is 37.6 Å². The second-order valence-electron chi connectivity index (χ2n) is 7.93. The maximum Gasteiger partial charge on any atom is 0.294 e. The zero-order chi connectivity index (χ0) is 23.8. The minimum atomic E-state index is -3.94. The molecule has 2 aliphatic rings. The monoisotopic (exact) mass is 496 g/mol. The molecule has 12 heteroatoms. The van der Waals surface area contributed by atoms with Crippen molar-refractivity contribution in [3.05, 3.63) is 63.4 Å². The van der Waals surface area contributed by atoms with Gasteiger partial charge in [-0.25, -0.2) is 12.8 Å². The number of sulfonamides is 1. The van der Waals surface area contributed by atoms with Gasteiger partial charge in [0.25, 0.3) is 5.69 Å². The Labute approximate surface area is 195 Å². The lowest BCUT2D eigenvalue weighted by Crippen LogP contribution is -2.54. The molecule has 2 aromatic rings. The van der Waals surface area contributed by atoms with E-state index in [-0.39, 0.29) is 28.1 Å². The van der Waals surface area contributed by atoms with Gasteiger partial charge in [0.05, 0.1) is 9.82 Å². The quantitative estimate of drug-likeness (QED) is 0.465. The summed E-state index contributed by atoms with van der Waals surface area (Å²) in [5, 5.41) is 11.7. The molecule has 0 saturated carbocycles. The smallest absolute Gasteiger partial charge is 0.294 e. The molecule has 4 rings (SSSR count). The van der Waals surface area contributed by atoms with Crippen molar-refractivity contribution < 1.29 is 22.5 Å². The molecule has 1 unspecified atom stereocenters. The first-order valence-electron chi connectivity index (χ1n) is 10.4. The third-order valence-electron chi connectivity index (χ3n) is 5.98. The van der Waals surface area contributed by atoms with Crippen LogP contribution in [0.3, 0.4) is 0 Å². The van der Waals surface area contributed by atoms with Gasteiger partial charge < -0.3 is 9.80 Å². The molecule has 1 atom stereocenters. The van der Waals surface area contributed by atoms with Gasteiger partial charge in [-0.3, -0.25) is 14.9 Å². The van der Waals surface area contributed by atoms with E-state index < -0.39 is 26.8 Å². The van der Waals surface area contributed by atoms with Crippen molar-refractivity contribution in [1.29, 1.82) is 0 Å². The molecule has 0 spiro atoms. The third-order valence-corrected chi connectivity index (χ3v) is 8.13. The van der Waals surface area contributed by atoms with Gasteiger partial charge in [0, 0.05) is 43.8 Å². The van der Waals surface area contributed by atoms with Crippen molar-refractivity contribution in [2.24, 2.45) is 0 Å². The highest BCUT2D eigenvalue weighted by molar-refractivity contribution is 7.89. The summed E-state index contributed by atoms with van der Waals surface area (Å²) in [7, 11) is -3.94. The van der Waals surface area contributed by atoms with E-state index in [1.54, 1.807) is 17.0 Å². The van der Waals surface area contributed by atoms with Gasteiger partial charge in [0.15, 0.2) is 0 Å². The van der Waals surface area contributed by atoms with Crippen LogP contribution in [-0.4, -0.2) is 67.2 Å². The average Bonchev–Trinajstić information content (AvgIpc) is 3.30. The van der Waals surface area contributed by atoms with Gasteiger partial charge in [0.1, 0.15) is 17.5 Å². The van der Waals surface area contributed by atoms with Crippen LogP contribution in [0.4, 0.5) is 15.8 Å². The molecule has 2 fully saturated rings. The highest BCUT2D eigenvalue weighted by Crippen LogP contribution is 2.32. The third kappa shape index (κ3) is 4.66. The highest BCUT2D eigenvalue weighted by Gasteiger charge is 2.41. The zero-order valence-corrected chi connectivity index (χ0v) is 19.1. The summed E-state index contributed by atoms with van der Waals surface area (Å²) in [6.07, 6.45) is 0.954. The maximum atomic E-state index is 13.2. The van der Waals surface area contributed by atoms with E-state index in [1.165, 1.54) is 22.5 Å². The lowest BCUT2D eigenvalue weighted by Gasteiger charge is -2.38. The first-order valence-corrected chi connectivity index (χ1v) is 12.3. The zero-order valence-electron chi connectivity index (χ0n) is 17.6. The average molecular weight is 497 g/mol. The van der Waals surface area contributed by atoms with Crippen LogP contribution >= 0.6 is 11.6 Å². The molecular weight excluding hydrogens is 475 g/mol. The van der Waals surface area contributed by atoms with E-state index in [9.17, 15) is 27.7 Å². The fourth-order valence-electron chi connectivity index (χ4n) is 4.31. The van der Waals surface area contributed by atoms with Crippen molar-refractivity contribution >= 4 is 38.9 Å². The molecule has 0 aliphatic carbocycles. The predicted octanol–water partition coefficient (Wildman–Crippen LogP) is 2.89. The van der Waals surface area contributed by atoms with Gasteiger partial charge in [-0.05, 0) is 49.2 Å². The Morgan fingerprint density at radius 3 is 2.36 bits per heavy atom. The fraction of sp³-hybridized carbons (Fsp3) is 0.381. The second kappa shape index (κ2) is 9.24. The minimum absolute atomic E-state index is 0.0523. The molecule has 2 aliphatic heterocycles. The Morgan fingerprint density at radius 2 is 1.73 bits per heavy atom. The lowest BCUT2D eigenvalue weighted by atomic mass is 10.1. The summed E-state index contributed by atoms with van der Waals surface area (Å²) in [4.78, 5) is 27.5. The molecule has 0 bridgehead atoms. The first kappa shape index (κ1) is 23.4. The Morgan fingerprint density at radius 1 is 1.06 bits per heavy atom. The first-order chi connectivity index (χ1) is 15.7. The Balaban J connectivity index is 1.46. The number of carbonyl (C=O) groups is 1. The molecule has 2 heterocycles. The number of halogens is 2. The number of anilines is 1. The van der Waals surface area contributed by atoms with Crippen molar-refractivity contribution in [2.45, 2.75) is 23.8 Å². The number of hydrogen-bond donors (Lipinski definition) is 0. The SMILES string of the molecule is O=C(C1CCCN1S(=O)(=O)c1ccc(F)cc1)N1CCN(c2ccc(Cl)cc2[N+](=O)[O-])CC1. The fourth-order valence-corrected chi connectivity index (χ4v) is 6.12. The highest BCUT2D eigenvalue weighted by atomic mass is 35.5. The molecule has 0 radical (unpaired) electrons. The van der Waals surface area contributed by atoms with Crippen LogP contribution in [0.1, 0.15) is 12.8 Å². The number of carbonyl (C=O) groups excluding carboxylic acids is 1. The summed E-state index contributed by atoms with van der Waals surface area (Å²) >= 11 is 5.89. The van der Waals surface area contributed by atoms with Crippen molar-refractivity contribution in [3.63, 3.8) is 0 Å². The number of nitrogens with zero attached hydrogens (tertiary/aromatic N) is 4. The number of nitro benzene ring substituents is 1. The minimum Gasteiger partial charge on any atom is -0.362 e. The van der Waals surface area contributed by atoms with Gasteiger partial charge >= 0.3 is 0 Å². The topological polar surface area (TPSA) is 104 Å².